The molecule has 0 fully saturated rings. The van der Waals surface area contributed by atoms with Crippen LogP contribution in [0.3, 0.4) is 0 Å². The van der Waals surface area contributed by atoms with Crippen molar-refractivity contribution in [2.75, 3.05) is 0 Å². The van der Waals surface area contributed by atoms with Gasteiger partial charge < -0.3 is 9.55 Å². The Morgan fingerprint density at radius 3 is 2.95 bits per heavy atom. The number of aryl methyl sites for hydroxylation is 2. The quantitative estimate of drug-likeness (QED) is 0.774. The molecule has 3 rings (SSSR count). The highest BCUT2D eigenvalue weighted by Crippen LogP contribution is 2.25. The van der Waals surface area contributed by atoms with Crippen molar-refractivity contribution in [1.29, 1.82) is 0 Å². The lowest BCUT2D eigenvalue weighted by atomic mass is 10.1. The molecule has 0 saturated carbocycles. The van der Waals surface area contributed by atoms with Crippen LogP contribution < -0.4 is 0 Å². The Morgan fingerprint density at radius 1 is 1.43 bits per heavy atom. The summed E-state index contributed by atoms with van der Waals surface area (Å²) in [4.78, 5) is 12.5. The Kier molecular flexibility index (Phi) is 3.92. The fourth-order valence-corrected chi connectivity index (χ4v) is 3.29. The molecule has 0 spiro atoms. The van der Waals surface area contributed by atoms with Gasteiger partial charge in [-0.1, -0.05) is 6.92 Å². The Balaban J connectivity index is 1.91. The number of aromatic nitrogens is 4. The van der Waals surface area contributed by atoms with E-state index in [4.69, 9.17) is 0 Å². The topological polar surface area (TPSA) is 46.5 Å². The van der Waals surface area contributed by atoms with Gasteiger partial charge in [0.15, 0.2) is 5.82 Å². The largest absolute Gasteiger partial charge is 0.345 e. The Labute approximate surface area is 128 Å². The maximum atomic E-state index is 4.67. The van der Waals surface area contributed by atoms with Gasteiger partial charge in [0.05, 0.1) is 0 Å². The van der Waals surface area contributed by atoms with Crippen LogP contribution in [0.1, 0.15) is 37.0 Å². The van der Waals surface area contributed by atoms with Crippen molar-refractivity contribution in [1.82, 2.24) is 19.5 Å². The minimum absolute atomic E-state index is 0.360. The zero-order valence-corrected chi connectivity index (χ0v) is 13.4. The predicted octanol–water partition coefficient (Wildman–Crippen LogP) is 4.01. The van der Waals surface area contributed by atoms with E-state index in [9.17, 15) is 0 Å². The van der Waals surface area contributed by atoms with E-state index in [-0.39, 0.29) is 0 Å². The Bertz CT molecular complexity index is 709. The van der Waals surface area contributed by atoms with Crippen molar-refractivity contribution in [2.24, 2.45) is 0 Å². The molecule has 21 heavy (non-hydrogen) atoms. The molecule has 5 heteroatoms. The summed E-state index contributed by atoms with van der Waals surface area (Å²) in [6.45, 7) is 6.39. The lowest BCUT2D eigenvalue weighted by Crippen LogP contribution is -2.09. The van der Waals surface area contributed by atoms with Crippen molar-refractivity contribution in [3.8, 4) is 11.5 Å². The summed E-state index contributed by atoms with van der Waals surface area (Å²) >= 11 is 1.75. The molecular weight excluding hydrogens is 280 g/mol. The summed E-state index contributed by atoms with van der Waals surface area (Å²) in [5.74, 6) is 1.97. The highest BCUT2D eigenvalue weighted by molar-refractivity contribution is 7.07. The van der Waals surface area contributed by atoms with Crippen LogP contribution in [0, 0.1) is 6.92 Å². The zero-order valence-electron chi connectivity index (χ0n) is 12.6. The third kappa shape index (κ3) is 2.78. The number of rotatable bonds is 5. The SMILES string of the molecule is CCc1nc(-c2nccn2C(C)Cc2ccsc2)c(C)[nH]1. The molecule has 0 aromatic carbocycles. The summed E-state index contributed by atoms with van der Waals surface area (Å²) in [6, 6.07) is 2.55. The number of aromatic amines is 1. The number of hydrogen-bond donors (Lipinski definition) is 1. The van der Waals surface area contributed by atoms with Gasteiger partial charge in [-0.25, -0.2) is 9.97 Å². The molecule has 1 N–H and O–H groups in total. The van der Waals surface area contributed by atoms with Crippen LogP contribution in [-0.2, 0) is 12.8 Å². The molecule has 0 amide bonds. The maximum Gasteiger partial charge on any atom is 0.160 e. The second-order valence-electron chi connectivity index (χ2n) is 5.35. The number of H-pyrrole nitrogens is 1. The molecule has 0 aliphatic heterocycles. The molecule has 0 aliphatic rings. The molecule has 1 atom stereocenters. The summed E-state index contributed by atoms with van der Waals surface area (Å²) in [7, 11) is 0. The van der Waals surface area contributed by atoms with Crippen LogP contribution in [-0.4, -0.2) is 19.5 Å². The second-order valence-corrected chi connectivity index (χ2v) is 6.13. The van der Waals surface area contributed by atoms with Gasteiger partial charge >= 0.3 is 0 Å². The monoisotopic (exact) mass is 300 g/mol. The van der Waals surface area contributed by atoms with E-state index in [2.05, 4.69) is 57.1 Å². The van der Waals surface area contributed by atoms with Gasteiger partial charge in [-0.3, -0.25) is 0 Å². The minimum Gasteiger partial charge on any atom is -0.345 e. The summed E-state index contributed by atoms with van der Waals surface area (Å²) in [6.07, 6.45) is 5.83. The third-order valence-electron chi connectivity index (χ3n) is 3.74. The average Bonchev–Trinajstić information content (AvgIpc) is 3.17. The number of thiophene rings is 1. The van der Waals surface area contributed by atoms with Crippen molar-refractivity contribution >= 4 is 11.3 Å². The highest BCUT2D eigenvalue weighted by Gasteiger charge is 2.17. The fraction of sp³-hybridized carbons (Fsp3) is 0.375. The minimum atomic E-state index is 0.360. The number of nitrogens with one attached hydrogen (secondary N) is 1. The highest BCUT2D eigenvalue weighted by atomic mass is 32.1. The molecule has 1 unspecified atom stereocenters. The van der Waals surface area contributed by atoms with Gasteiger partial charge in [0.25, 0.3) is 0 Å². The van der Waals surface area contributed by atoms with Gasteiger partial charge in [0.1, 0.15) is 11.5 Å². The molecule has 110 valence electrons. The van der Waals surface area contributed by atoms with Gasteiger partial charge in [-0.05, 0) is 42.7 Å². The van der Waals surface area contributed by atoms with Crippen molar-refractivity contribution in [2.45, 2.75) is 39.7 Å². The third-order valence-corrected chi connectivity index (χ3v) is 4.47. The van der Waals surface area contributed by atoms with E-state index in [0.29, 0.717) is 6.04 Å². The first-order valence-corrected chi connectivity index (χ1v) is 8.23. The molecule has 3 aromatic heterocycles. The smallest absolute Gasteiger partial charge is 0.160 e. The van der Waals surface area contributed by atoms with E-state index < -0.39 is 0 Å². The standard InChI is InChI=1S/C16H20N4S/c1-4-14-18-12(3)15(19-14)16-17-6-7-20(16)11(2)9-13-5-8-21-10-13/h5-8,10-11H,4,9H2,1-3H3,(H,18,19). The van der Waals surface area contributed by atoms with Crippen molar-refractivity contribution in [3.05, 3.63) is 46.3 Å². The maximum absolute atomic E-state index is 4.67. The van der Waals surface area contributed by atoms with Crippen molar-refractivity contribution in [3.63, 3.8) is 0 Å². The number of nitrogens with zero attached hydrogens (tertiary/aromatic N) is 3. The first-order valence-electron chi connectivity index (χ1n) is 7.28. The first kappa shape index (κ1) is 14.1. The number of imidazole rings is 2. The summed E-state index contributed by atoms with van der Waals surface area (Å²) < 4.78 is 2.22. The predicted molar refractivity (Wildman–Crippen MR) is 86.7 cm³/mol. The number of hydrogen-bond acceptors (Lipinski definition) is 3. The normalized spacial score (nSPS) is 12.7. The first-order chi connectivity index (χ1) is 10.2. The molecule has 0 bridgehead atoms. The van der Waals surface area contributed by atoms with E-state index >= 15 is 0 Å². The van der Waals surface area contributed by atoms with Gasteiger partial charge in [0, 0.05) is 30.6 Å². The lowest BCUT2D eigenvalue weighted by molar-refractivity contribution is 0.550. The second kappa shape index (κ2) is 5.85. The molecule has 4 nitrogen and oxygen atoms in total. The van der Waals surface area contributed by atoms with E-state index in [1.165, 1.54) is 5.56 Å². The van der Waals surface area contributed by atoms with Crippen LogP contribution in [0.5, 0.6) is 0 Å². The Morgan fingerprint density at radius 2 is 2.29 bits per heavy atom. The summed E-state index contributed by atoms with van der Waals surface area (Å²) in [5.41, 5.74) is 3.43. The zero-order chi connectivity index (χ0) is 14.8. The Hall–Kier alpha value is -1.88. The molecule has 0 radical (unpaired) electrons. The van der Waals surface area contributed by atoms with Gasteiger partial charge in [0.2, 0.25) is 0 Å². The van der Waals surface area contributed by atoms with Crippen LogP contribution in [0.15, 0.2) is 29.2 Å². The fourth-order valence-electron chi connectivity index (χ4n) is 2.61. The molecule has 0 saturated heterocycles. The van der Waals surface area contributed by atoms with Crippen molar-refractivity contribution < 1.29 is 0 Å². The van der Waals surface area contributed by atoms with Crippen LogP contribution in [0.2, 0.25) is 0 Å². The van der Waals surface area contributed by atoms with Gasteiger partial charge in [-0.15, -0.1) is 0 Å². The average molecular weight is 300 g/mol. The van der Waals surface area contributed by atoms with E-state index in [0.717, 1.165) is 35.9 Å². The molecule has 3 heterocycles. The molecular formula is C16H20N4S. The van der Waals surface area contributed by atoms with Crippen LogP contribution in [0.4, 0.5) is 0 Å². The van der Waals surface area contributed by atoms with E-state index in [1.807, 2.05) is 12.4 Å². The molecule has 3 aromatic rings. The summed E-state index contributed by atoms with van der Waals surface area (Å²) in [5, 5.41) is 4.34. The van der Waals surface area contributed by atoms with Crippen LogP contribution in [0.25, 0.3) is 11.5 Å². The van der Waals surface area contributed by atoms with Crippen LogP contribution >= 0.6 is 11.3 Å². The molecule has 0 aliphatic carbocycles. The van der Waals surface area contributed by atoms with Gasteiger partial charge in [-0.2, -0.15) is 11.3 Å². The van der Waals surface area contributed by atoms with E-state index in [1.54, 1.807) is 11.3 Å². The lowest BCUT2D eigenvalue weighted by Gasteiger charge is -2.15.